The highest BCUT2D eigenvalue weighted by molar-refractivity contribution is 5.75. The van der Waals surface area contributed by atoms with Crippen LogP contribution in [0.4, 0.5) is 28.4 Å². The Hall–Kier alpha value is -3.67. The van der Waals surface area contributed by atoms with Gasteiger partial charge in [-0.3, -0.25) is 4.79 Å². The van der Waals surface area contributed by atoms with Crippen molar-refractivity contribution < 1.29 is 4.79 Å². The molecule has 0 unspecified atom stereocenters. The largest absolute Gasteiger partial charge is 0.372 e. The molecule has 4 rings (SSSR count). The lowest BCUT2D eigenvalue weighted by Gasteiger charge is -2.17. The smallest absolute Gasteiger partial charge is 0.150 e. The van der Waals surface area contributed by atoms with Crippen molar-refractivity contribution in [3.63, 3.8) is 0 Å². The summed E-state index contributed by atoms with van der Waals surface area (Å²) in [4.78, 5) is 13.1. The number of carbonyl (C=O) groups is 1. The molecule has 3 aromatic rings. The number of benzene rings is 3. The van der Waals surface area contributed by atoms with Crippen LogP contribution in [0.5, 0.6) is 0 Å². The third kappa shape index (κ3) is 4.84. The first-order valence-electron chi connectivity index (χ1n) is 10.1. The van der Waals surface area contributed by atoms with Crippen molar-refractivity contribution in [2.75, 3.05) is 18.0 Å². The average Bonchev–Trinajstić information content (AvgIpc) is 3.33. The molecule has 0 spiro atoms. The van der Waals surface area contributed by atoms with E-state index in [-0.39, 0.29) is 0 Å². The first kappa shape index (κ1) is 19.6. The molecule has 0 radical (unpaired) electrons. The summed E-state index contributed by atoms with van der Waals surface area (Å²) in [6, 6.07) is 20.9. The molecule has 0 bridgehead atoms. The van der Waals surface area contributed by atoms with E-state index in [9.17, 15) is 4.79 Å². The van der Waals surface area contributed by atoms with Crippen LogP contribution in [0.1, 0.15) is 28.8 Å². The molecule has 1 aliphatic rings. The van der Waals surface area contributed by atoms with Gasteiger partial charge in [0.1, 0.15) is 6.29 Å². The van der Waals surface area contributed by atoms with Crippen LogP contribution >= 0.6 is 0 Å². The Kier molecular flexibility index (Phi) is 6.03. The highest BCUT2D eigenvalue weighted by atomic mass is 16.1. The molecule has 0 atom stereocenters. The Morgan fingerprint density at radius 3 is 1.93 bits per heavy atom. The first-order chi connectivity index (χ1) is 14.7. The quantitative estimate of drug-likeness (QED) is 0.325. The topological polar surface area (TPSA) is 69.8 Å². The molecule has 0 aromatic heterocycles. The van der Waals surface area contributed by atoms with E-state index >= 15 is 0 Å². The minimum absolute atomic E-state index is 0.616. The summed E-state index contributed by atoms with van der Waals surface area (Å²) < 4.78 is 0. The zero-order valence-electron chi connectivity index (χ0n) is 16.9. The number of aryl methyl sites for hydroxylation is 1. The summed E-state index contributed by atoms with van der Waals surface area (Å²) in [5.41, 5.74) is 5.89. The Bertz CT molecular complexity index is 1070. The number of carbonyl (C=O) groups excluding carboxylic acids is 1. The molecular weight excluding hydrogens is 374 g/mol. The zero-order valence-corrected chi connectivity index (χ0v) is 16.9. The van der Waals surface area contributed by atoms with Crippen LogP contribution < -0.4 is 4.90 Å². The van der Waals surface area contributed by atoms with Crippen molar-refractivity contribution in [3.05, 3.63) is 77.9 Å². The third-order valence-corrected chi connectivity index (χ3v) is 5.08. The predicted octanol–water partition coefficient (Wildman–Crippen LogP) is 7.24. The Morgan fingerprint density at radius 2 is 1.30 bits per heavy atom. The van der Waals surface area contributed by atoms with Gasteiger partial charge in [0.2, 0.25) is 0 Å². The Labute approximate surface area is 176 Å². The van der Waals surface area contributed by atoms with Gasteiger partial charge in [0.25, 0.3) is 0 Å². The molecule has 1 fully saturated rings. The number of hydrogen-bond acceptors (Lipinski definition) is 6. The van der Waals surface area contributed by atoms with E-state index in [1.165, 1.54) is 18.5 Å². The van der Waals surface area contributed by atoms with E-state index in [4.69, 9.17) is 0 Å². The lowest BCUT2D eigenvalue weighted by Crippen LogP contribution is -2.17. The average molecular weight is 397 g/mol. The molecule has 0 saturated carbocycles. The normalized spacial score (nSPS) is 14.1. The Balaban J connectivity index is 1.42. The second kappa shape index (κ2) is 9.22. The summed E-state index contributed by atoms with van der Waals surface area (Å²) in [5, 5.41) is 17.2. The highest BCUT2D eigenvalue weighted by Gasteiger charge is 2.11. The standard InChI is InChI=1S/C24H23N5O/c1-18-16-22(10-13-24(18)28-26-20-6-4-19(17-30)5-7-20)27-25-21-8-11-23(12-9-21)29-14-2-3-15-29/h4-13,16-17H,2-3,14-15H2,1H3. The number of anilines is 1. The molecule has 0 amide bonds. The molecule has 1 saturated heterocycles. The maximum Gasteiger partial charge on any atom is 0.150 e. The van der Waals surface area contributed by atoms with Crippen molar-refractivity contribution >= 4 is 34.7 Å². The SMILES string of the molecule is Cc1cc(N=Nc2ccc(N3CCCC3)cc2)ccc1N=Nc1ccc(C=O)cc1. The number of rotatable bonds is 6. The highest BCUT2D eigenvalue weighted by Crippen LogP contribution is 2.28. The number of aldehydes is 1. The Morgan fingerprint density at radius 1 is 0.733 bits per heavy atom. The van der Waals surface area contributed by atoms with Crippen molar-refractivity contribution in [2.45, 2.75) is 19.8 Å². The molecule has 150 valence electrons. The summed E-state index contributed by atoms with van der Waals surface area (Å²) in [6.45, 7) is 4.23. The van der Waals surface area contributed by atoms with Gasteiger partial charge in [-0.2, -0.15) is 20.5 Å². The van der Waals surface area contributed by atoms with Crippen LogP contribution in [0.3, 0.4) is 0 Å². The lowest BCUT2D eigenvalue weighted by molar-refractivity contribution is 0.112. The van der Waals surface area contributed by atoms with E-state index < -0.39 is 0 Å². The van der Waals surface area contributed by atoms with Gasteiger partial charge in [0.05, 0.1) is 22.7 Å². The van der Waals surface area contributed by atoms with Gasteiger partial charge in [-0.25, -0.2) is 0 Å². The van der Waals surface area contributed by atoms with Crippen LogP contribution in [0.2, 0.25) is 0 Å². The van der Waals surface area contributed by atoms with Gasteiger partial charge in [-0.1, -0.05) is 0 Å². The maximum atomic E-state index is 10.7. The van der Waals surface area contributed by atoms with E-state index in [0.717, 1.165) is 42.0 Å². The fourth-order valence-corrected chi connectivity index (χ4v) is 3.37. The van der Waals surface area contributed by atoms with Gasteiger partial charge in [-0.15, -0.1) is 0 Å². The third-order valence-electron chi connectivity index (χ3n) is 5.08. The van der Waals surface area contributed by atoms with Gasteiger partial charge < -0.3 is 4.90 Å². The van der Waals surface area contributed by atoms with Crippen LogP contribution in [0.15, 0.2) is 87.2 Å². The number of azo groups is 2. The van der Waals surface area contributed by atoms with Crippen LogP contribution in [0, 0.1) is 6.92 Å². The summed E-state index contributed by atoms with van der Waals surface area (Å²) >= 11 is 0. The predicted molar refractivity (Wildman–Crippen MR) is 119 cm³/mol. The molecule has 6 nitrogen and oxygen atoms in total. The molecule has 6 heteroatoms. The van der Waals surface area contributed by atoms with Crippen molar-refractivity contribution in [1.29, 1.82) is 0 Å². The van der Waals surface area contributed by atoms with E-state index in [1.54, 1.807) is 24.3 Å². The second-order valence-corrected chi connectivity index (χ2v) is 7.29. The van der Waals surface area contributed by atoms with Crippen LogP contribution in [0.25, 0.3) is 0 Å². The van der Waals surface area contributed by atoms with Gasteiger partial charge in [0, 0.05) is 24.3 Å². The van der Waals surface area contributed by atoms with Gasteiger partial charge in [0.15, 0.2) is 0 Å². The zero-order chi connectivity index (χ0) is 20.8. The monoisotopic (exact) mass is 397 g/mol. The van der Waals surface area contributed by atoms with E-state index in [2.05, 4.69) is 37.5 Å². The van der Waals surface area contributed by atoms with E-state index in [1.807, 2.05) is 37.3 Å². The number of nitrogens with zero attached hydrogens (tertiary/aromatic N) is 5. The molecule has 3 aromatic carbocycles. The molecule has 1 aliphatic heterocycles. The first-order valence-corrected chi connectivity index (χ1v) is 10.1. The summed E-state index contributed by atoms with van der Waals surface area (Å²) in [7, 11) is 0. The number of hydrogen-bond donors (Lipinski definition) is 0. The minimum Gasteiger partial charge on any atom is -0.372 e. The van der Waals surface area contributed by atoms with E-state index in [0.29, 0.717) is 11.3 Å². The molecule has 1 heterocycles. The van der Waals surface area contributed by atoms with Crippen LogP contribution in [-0.2, 0) is 0 Å². The second-order valence-electron chi connectivity index (χ2n) is 7.29. The van der Waals surface area contributed by atoms with Gasteiger partial charge >= 0.3 is 0 Å². The van der Waals surface area contributed by atoms with Crippen molar-refractivity contribution in [3.8, 4) is 0 Å². The van der Waals surface area contributed by atoms with Gasteiger partial charge in [-0.05, 0) is 92.1 Å². The van der Waals surface area contributed by atoms with Crippen molar-refractivity contribution in [1.82, 2.24) is 0 Å². The molecule has 0 aliphatic carbocycles. The minimum atomic E-state index is 0.616. The molecular formula is C24H23N5O. The molecule has 30 heavy (non-hydrogen) atoms. The van der Waals surface area contributed by atoms with Crippen LogP contribution in [-0.4, -0.2) is 19.4 Å². The summed E-state index contributed by atoms with van der Waals surface area (Å²) in [5.74, 6) is 0. The van der Waals surface area contributed by atoms with Crippen molar-refractivity contribution in [2.24, 2.45) is 20.5 Å². The summed E-state index contributed by atoms with van der Waals surface area (Å²) in [6.07, 6.45) is 3.34. The fourth-order valence-electron chi connectivity index (χ4n) is 3.37. The lowest BCUT2D eigenvalue weighted by atomic mass is 10.2. The fraction of sp³-hybridized carbons (Fsp3) is 0.208. The molecule has 0 N–H and O–H groups in total. The maximum absolute atomic E-state index is 10.7.